The highest BCUT2D eigenvalue weighted by atomic mass is 32.2. The molecule has 1 aromatic carbocycles. The van der Waals surface area contributed by atoms with E-state index in [2.05, 4.69) is 4.72 Å². The third kappa shape index (κ3) is 3.52. The van der Waals surface area contributed by atoms with E-state index in [0.29, 0.717) is 6.42 Å². The lowest BCUT2D eigenvalue weighted by atomic mass is 10.3. The largest absolute Gasteiger partial charge is 0.399 e. The van der Waals surface area contributed by atoms with E-state index in [1.54, 1.807) is 11.3 Å². The molecule has 0 fully saturated rings. The van der Waals surface area contributed by atoms with Crippen molar-refractivity contribution in [1.82, 2.24) is 4.72 Å². The topological polar surface area (TPSA) is 72.2 Å². The number of sulfonamides is 1. The van der Waals surface area contributed by atoms with E-state index in [1.165, 1.54) is 6.07 Å². The zero-order chi connectivity index (χ0) is 13.9. The lowest BCUT2D eigenvalue weighted by Crippen LogP contribution is -2.26. The minimum Gasteiger partial charge on any atom is -0.399 e. The van der Waals surface area contributed by atoms with E-state index in [4.69, 9.17) is 5.73 Å². The van der Waals surface area contributed by atoms with Crippen LogP contribution in [0.5, 0.6) is 0 Å². The molecule has 0 bridgehead atoms. The highest BCUT2D eigenvalue weighted by Gasteiger charge is 2.18. The lowest BCUT2D eigenvalue weighted by Gasteiger charge is -2.07. The summed E-state index contributed by atoms with van der Waals surface area (Å²) in [6.45, 7) is 0.219. The third-order valence-electron chi connectivity index (χ3n) is 2.49. The van der Waals surface area contributed by atoms with E-state index in [0.717, 1.165) is 17.0 Å². The maximum atomic E-state index is 13.5. The van der Waals surface area contributed by atoms with Gasteiger partial charge >= 0.3 is 0 Å². The number of nitrogen functional groups attached to an aromatic ring is 1. The molecule has 0 aliphatic heterocycles. The Balaban J connectivity index is 2.07. The van der Waals surface area contributed by atoms with Gasteiger partial charge in [0.1, 0.15) is 10.7 Å². The maximum absolute atomic E-state index is 13.5. The first-order valence-electron chi connectivity index (χ1n) is 5.56. The lowest BCUT2D eigenvalue weighted by molar-refractivity contribution is 0.557. The monoisotopic (exact) mass is 300 g/mol. The molecular formula is C12H13FN2O2S2. The molecule has 0 radical (unpaired) electrons. The predicted octanol–water partition coefficient (Wildman–Crippen LogP) is 1.99. The summed E-state index contributed by atoms with van der Waals surface area (Å²) >= 11 is 1.55. The average molecular weight is 300 g/mol. The number of halogens is 1. The molecule has 1 aromatic heterocycles. The molecule has 19 heavy (non-hydrogen) atoms. The fraction of sp³-hybridized carbons (Fsp3) is 0.167. The summed E-state index contributed by atoms with van der Waals surface area (Å²) in [5.74, 6) is -0.808. The van der Waals surface area contributed by atoms with E-state index in [-0.39, 0.29) is 12.2 Å². The molecule has 3 N–H and O–H groups in total. The van der Waals surface area contributed by atoms with Crippen molar-refractivity contribution in [1.29, 1.82) is 0 Å². The van der Waals surface area contributed by atoms with Crippen LogP contribution >= 0.6 is 11.3 Å². The summed E-state index contributed by atoms with van der Waals surface area (Å²) in [5.41, 5.74) is 5.68. The fourth-order valence-corrected chi connectivity index (χ4v) is 3.42. The summed E-state index contributed by atoms with van der Waals surface area (Å²) < 4.78 is 39.7. The highest BCUT2D eigenvalue weighted by Crippen LogP contribution is 2.17. The van der Waals surface area contributed by atoms with Crippen LogP contribution in [-0.4, -0.2) is 15.0 Å². The van der Waals surface area contributed by atoms with Gasteiger partial charge in [-0.2, -0.15) is 0 Å². The zero-order valence-electron chi connectivity index (χ0n) is 9.97. The Bertz CT molecular complexity index is 654. The van der Waals surface area contributed by atoms with Gasteiger partial charge in [0.15, 0.2) is 0 Å². The van der Waals surface area contributed by atoms with Gasteiger partial charge in [0.25, 0.3) is 0 Å². The van der Waals surface area contributed by atoms with Gasteiger partial charge in [-0.3, -0.25) is 0 Å². The minimum absolute atomic E-state index is 0.208. The van der Waals surface area contributed by atoms with E-state index >= 15 is 0 Å². The fourth-order valence-electron chi connectivity index (χ4n) is 1.57. The van der Waals surface area contributed by atoms with Gasteiger partial charge < -0.3 is 5.73 Å². The first-order chi connectivity index (χ1) is 8.99. The molecule has 4 nitrogen and oxygen atoms in total. The van der Waals surface area contributed by atoms with Crippen molar-refractivity contribution in [2.24, 2.45) is 0 Å². The number of benzene rings is 1. The van der Waals surface area contributed by atoms with E-state index in [1.807, 2.05) is 17.5 Å². The van der Waals surface area contributed by atoms with Gasteiger partial charge in [-0.1, -0.05) is 6.07 Å². The quantitative estimate of drug-likeness (QED) is 0.830. The van der Waals surface area contributed by atoms with Crippen LogP contribution < -0.4 is 10.5 Å². The van der Waals surface area contributed by atoms with E-state index in [9.17, 15) is 12.8 Å². The Morgan fingerprint density at radius 3 is 2.79 bits per heavy atom. The van der Waals surface area contributed by atoms with Gasteiger partial charge in [0, 0.05) is 17.1 Å². The molecule has 0 aliphatic rings. The summed E-state index contributed by atoms with van der Waals surface area (Å²) in [5, 5.41) is 1.92. The Morgan fingerprint density at radius 2 is 2.11 bits per heavy atom. The Kier molecular flexibility index (Phi) is 4.18. The minimum atomic E-state index is -3.87. The Labute approximate surface area is 115 Å². The highest BCUT2D eigenvalue weighted by molar-refractivity contribution is 7.89. The van der Waals surface area contributed by atoms with Crippen LogP contribution in [0.2, 0.25) is 0 Å². The molecule has 0 amide bonds. The average Bonchev–Trinajstić information content (AvgIpc) is 2.85. The predicted molar refractivity (Wildman–Crippen MR) is 74.0 cm³/mol. The number of hydrogen-bond donors (Lipinski definition) is 2. The normalized spacial score (nSPS) is 11.6. The van der Waals surface area contributed by atoms with Crippen molar-refractivity contribution in [3.63, 3.8) is 0 Å². The van der Waals surface area contributed by atoms with Crippen LogP contribution in [0.4, 0.5) is 10.1 Å². The number of hydrogen-bond acceptors (Lipinski definition) is 4. The molecule has 0 atom stereocenters. The molecular weight excluding hydrogens is 287 g/mol. The third-order valence-corrected chi connectivity index (χ3v) is 4.90. The van der Waals surface area contributed by atoms with E-state index < -0.39 is 20.7 Å². The van der Waals surface area contributed by atoms with Crippen LogP contribution in [0, 0.1) is 5.82 Å². The van der Waals surface area contributed by atoms with Crippen molar-refractivity contribution < 1.29 is 12.8 Å². The molecule has 2 rings (SSSR count). The van der Waals surface area contributed by atoms with Crippen molar-refractivity contribution in [2.45, 2.75) is 11.3 Å². The first-order valence-corrected chi connectivity index (χ1v) is 7.92. The number of anilines is 1. The van der Waals surface area contributed by atoms with Crippen molar-refractivity contribution in [2.75, 3.05) is 12.3 Å². The summed E-state index contributed by atoms with van der Waals surface area (Å²) in [4.78, 5) is 0.648. The summed E-state index contributed by atoms with van der Waals surface area (Å²) in [6.07, 6.45) is 0.570. The molecule has 2 aromatic rings. The molecule has 0 unspecified atom stereocenters. The molecule has 0 saturated carbocycles. The molecule has 102 valence electrons. The number of thiophene rings is 1. The van der Waals surface area contributed by atoms with Crippen molar-refractivity contribution in [3.05, 3.63) is 46.4 Å². The van der Waals surface area contributed by atoms with Gasteiger partial charge in [0.05, 0.1) is 0 Å². The van der Waals surface area contributed by atoms with Crippen LogP contribution in [0.3, 0.4) is 0 Å². The number of nitrogens with two attached hydrogens (primary N) is 1. The molecule has 0 spiro atoms. The SMILES string of the molecule is Nc1ccc(F)c(S(=O)(=O)NCCc2cccs2)c1. The first kappa shape index (κ1) is 14.0. The second-order valence-electron chi connectivity index (χ2n) is 3.92. The Hall–Kier alpha value is -1.44. The second kappa shape index (κ2) is 5.68. The maximum Gasteiger partial charge on any atom is 0.243 e. The van der Waals surface area contributed by atoms with Gasteiger partial charge in [-0.05, 0) is 36.1 Å². The van der Waals surface area contributed by atoms with Crippen LogP contribution in [-0.2, 0) is 16.4 Å². The van der Waals surface area contributed by atoms with Crippen LogP contribution in [0.15, 0.2) is 40.6 Å². The van der Waals surface area contributed by atoms with Crippen molar-refractivity contribution >= 4 is 27.0 Å². The number of rotatable bonds is 5. The van der Waals surface area contributed by atoms with Gasteiger partial charge in [-0.15, -0.1) is 11.3 Å². The molecule has 7 heteroatoms. The van der Waals surface area contributed by atoms with Crippen LogP contribution in [0.25, 0.3) is 0 Å². The zero-order valence-corrected chi connectivity index (χ0v) is 11.6. The molecule has 1 heterocycles. The molecule has 0 aliphatic carbocycles. The number of nitrogens with one attached hydrogen (secondary N) is 1. The summed E-state index contributed by atoms with van der Waals surface area (Å²) in [6, 6.07) is 7.29. The van der Waals surface area contributed by atoms with Crippen LogP contribution in [0.1, 0.15) is 4.88 Å². The van der Waals surface area contributed by atoms with Gasteiger partial charge in [0.2, 0.25) is 10.0 Å². The molecule has 0 saturated heterocycles. The standard InChI is InChI=1S/C12H13FN2O2S2/c13-11-4-3-9(14)8-12(11)19(16,17)15-6-5-10-2-1-7-18-10/h1-4,7-8,15H,5-6,14H2. The Morgan fingerprint density at radius 1 is 1.32 bits per heavy atom. The smallest absolute Gasteiger partial charge is 0.243 e. The van der Waals surface area contributed by atoms with Gasteiger partial charge in [-0.25, -0.2) is 17.5 Å². The summed E-state index contributed by atoms with van der Waals surface area (Å²) in [7, 11) is -3.87. The van der Waals surface area contributed by atoms with Crippen molar-refractivity contribution in [3.8, 4) is 0 Å². The second-order valence-corrected chi connectivity index (χ2v) is 6.68.